The van der Waals surface area contributed by atoms with Gasteiger partial charge in [0.25, 0.3) is 0 Å². The highest BCUT2D eigenvalue weighted by molar-refractivity contribution is 8.00. The van der Waals surface area contributed by atoms with Gasteiger partial charge in [0.2, 0.25) is 5.91 Å². The van der Waals surface area contributed by atoms with Crippen LogP contribution in [0.15, 0.2) is 77.7 Å². The molecular formula is C24H26N2OS. The maximum Gasteiger partial charge on any atom is 0.232 e. The fourth-order valence-corrected chi connectivity index (χ4v) is 4.56. The molecule has 1 fully saturated rings. The van der Waals surface area contributed by atoms with Gasteiger partial charge in [0, 0.05) is 37.6 Å². The monoisotopic (exact) mass is 390 g/mol. The summed E-state index contributed by atoms with van der Waals surface area (Å²) < 4.78 is 0. The maximum absolute atomic E-state index is 12.7. The molecule has 0 unspecified atom stereocenters. The van der Waals surface area contributed by atoms with Crippen LogP contribution in [0.5, 0.6) is 0 Å². The smallest absolute Gasteiger partial charge is 0.232 e. The maximum atomic E-state index is 12.7. The molecule has 1 aliphatic heterocycles. The Morgan fingerprint density at radius 3 is 2.46 bits per heavy atom. The second-order valence-electron chi connectivity index (χ2n) is 7.29. The van der Waals surface area contributed by atoms with Crippen LogP contribution >= 0.6 is 11.8 Å². The van der Waals surface area contributed by atoms with Gasteiger partial charge in [0.05, 0.1) is 5.75 Å². The Bertz CT molecular complexity index is 928. The van der Waals surface area contributed by atoms with Crippen LogP contribution in [-0.2, 0) is 11.3 Å². The van der Waals surface area contributed by atoms with E-state index in [1.54, 1.807) is 11.8 Å². The molecule has 144 valence electrons. The first-order chi connectivity index (χ1) is 13.8. The molecule has 3 aromatic carbocycles. The number of rotatable bonds is 5. The number of nitrogens with zero attached hydrogens (tertiary/aromatic N) is 2. The predicted molar refractivity (Wildman–Crippen MR) is 118 cm³/mol. The van der Waals surface area contributed by atoms with E-state index in [9.17, 15) is 4.79 Å². The van der Waals surface area contributed by atoms with E-state index in [1.165, 1.54) is 16.3 Å². The lowest BCUT2D eigenvalue weighted by Gasteiger charge is -2.22. The molecule has 0 atom stereocenters. The Morgan fingerprint density at radius 2 is 1.61 bits per heavy atom. The highest BCUT2D eigenvalue weighted by Gasteiger charge is 2.19. The number of thioether (sulfide) groups is 1. The van der Waals surface area contributed by atoms with Gasteiger partial charge < -0.3 is 4.90 Å². The molecule has 0 bridgehead atoms. The topological polar surface area (TPSA) is 23.6 Å². The summed E-state index contributed by atoms with van der Waals surface area (Å²) in [5.41, 5.74) is 1.34. The number of hydrogen-bond donors (Lipinski definition) is 0. The molecule has 3 nitrogen and oxygen atoms in total. The van der Waals surface area contributed by atoms with Gasteiger partial charge in [-0.1, -0.05) is 60.7 Å². The van der Waals surface area contributed by atoms with Crippen molar-refractivity contribution in [3.05, 3.63) is 78.4 Å². The number of benzene rings is 3. The van der Waals surface area contributed by atoms with Gasteiger partial charge in [-0.15, -0.1) is 11.8 Å². The summed E-state index contributed by atoms with van der Waals surface area (Å²) in [7, 11) is 0. The summed E-state index contributed by atoms with van der Waals surface area (Å²) in [6, 6.07) is 25.4. The Morgan fingerprint density at radius 1 is 0.821 bits per heavy atom. The fraction of sp³-hybridized carbons (Fsp3) is 0.292. The van der Waals surface area contributed by atoms with E-state index in [2.05, 4.69) is 77.7 Å². The molecule has 0 aliphatic carbocycles. The molecule has 0 N–H and O–H groups in total. The first kappa shape index (κ1) is 19.0. The Hall–Kier alpha value is -2.30. The van der Waals surface area contributed by atoms with Crippen molar-refractivity contribution in [1.82, 2.24) is 9.80 Å². The standard InChI is InChI=1S/C24H26N2OS/c27-24(19-28-23-12-11-21-9-4-5-10-22(21)17-23)26-14-6-13-25(15-16-26)18-20-7-2-1-3-8-20/h1-5,7-12,17H,6,13-16,18-19H2. The molecule has 4 rings (SSSR count). The lowest BCUT2D eigenvalue weighted by Crippen LogP contribution is -2.36. The first-order valence-electron chi connectivity index (χ1n) is 9.93. The second-order valence-corrected chi connectivity index (χ2v) is 8.34. The van der Waals surface area contributed by atoms with Crippen molar-refractivity contribution in [2.75, 3.05) is 31.9 Å². The SMILES string of the molecule is O=C(CSc1ccc2ccccc2c1)N1CCCN(Cc2ccccc2)CC1. The summed E-state index contributed by atoms with van der Waals surface area (Å²) in [5, 5.41) is 2.47. The number of hydrogen-bond acceptors (Lipinski definition) is 3. The summed E-state index contributed by atoms with van der Waals surface area (Å²) in [6.45, 7) is 4.65. The molecule has 1 heterocycles. The van der Waals surface area contributed by atoms with Crippen molar-refractivity contribution in [1.29, 1.82) is 0 Å². The average Bonchev–Trinajstić information content (AvgIpc) is 2.98. The zero-order valence-corrected chi connectivity index (χ0v) is 16.9. The third kappa shape index (κ3) is 4.94. The van der Waals surface area contributed by atoms with Crippen molar-refractivity contribution >= 4 is 28.4 Å². The van der Waals surface area contributed by atoms with E-state index < -0.39 is 0 Å². The lowest BCUT2D eigenvalue weighted by atomic mass is 10.1. The molecule has 0 spiro atoms. The lowest BCUT2D eigenvalue weighted by molar-refractivity contribution is -0.128. The number of carbonyl (C=O) groups is 1. The van der Waals surface area contributed by atoms with Crippen LogP contribution in [-0.4, -0.2) is 47.6 Å². The second kappa shape index (κ2) is 9.26. The van der Waals surface area contributed by atoms with E-state index in [1.807, 2.05) is 4.90 Å². The summed E-state index contributed by atoms with van der Waals surface area (Å²) in [5.74, 6) is 0.761. The van der Waals surface area contributed by atoms with Crippen LogP contribution in [0.1, 0.15) is 12.0 Å². The minimum absolute atomic E-state index is 0.250. The number of amides is 1. The van der Waals surface area contributed by atoms with Crippen LogP contribution in [0.25, 0.3) is 10.8 Å². The van der Waals surface area contributed by atoms with Crippen LogP contribution < -0.4 is 0 Å². The third-order valence-corrected chi connectivity index (χ3v) is 6.25. The fourth-order valence-electron chi connectivity index (χ4n) is 3.71. The number of fused-ring (bicyclic) bond motifs is 1. The van der Waals surface area contributed by atoms with E-state index in [0.717, 1.165) is 44.0 Å². The molecule has 1 aliphatic rings. The zero-order chi connectivity index (χ0) is 19.2. The van der Waals surface area contributed by atoms with Crippen molar-refractivity contribution in [2.45, 2.75) is 17.9 Å². The normalized spacial score (nSPS) is 15.5. The van der Waals surface area contributed by atoms with Gasteiger partial charge >= 0.3 is 0 Å². The highest BCUT2D eigenvalue weighted by atomic mass is 32.2. The quantitative estimate of drug-likeness (QED) is 0.592. The summed E-state index contributed by atoms with van der Waals surface area (Å²) >= 11 is 1.64. The molecule has 0 aromatic heterocycles. The molecule has 28 heavy (non-hydrogen) atoms. The first-order valence-corrected chi connectivity index (χ1v) is 10.9. The Kier molecular flexibility index (Phi) is 6.30. The van der Waals surface area contributed by atoms with E-state index in [0.29, 0.717) is 5.75 Å². The predicted octanol–water partition coefficient (Wildman–Crippen LogP) is 4.67. The zero-order valence-electron chi connectivity index (χ0n) is 16.1. The summed E-state index contributed by atoms with van der Waals surface area (Å²) in [4.78, 5) is 18.4. The van der Waals surface area contributed by atoms with E-state index >= 15 is 0 Å². The van der Waals surface area contributed by atoms with Crippen LogP contribution in [0, 0.1) is 0 Å². The van der Waals surface area contributed by atoms with Gasteiger partial charge in [-0.2, -0.15) is 0 Å². The van der Waals surface area contributed by atoms with Gasteiger partial charge in [-0.3, -0.25) is 9.69 Å². The average molecular weight is 391 g/mol. The van der Waals surface area contributed by atoms with Crippen molar-refractivity contribution < 1.29 is 4.79 Å². The van der Waals surface area contributed by atoms with Gasteiger partial charge in [-0.25, -0.2) is 0 Å². The van der Waals surface area contributed by atoms with Gasteiger partial charge in [-0.05, 0) is 34.9 Å². The number of carbonyl (C=O) groups excluding carboxylic acids is 1. The minimum atomic E-state index is 0.250. The highest BCUT2D eigenvalue weighted by Crippen LogP contribution is 2.24. The molecule has 1 amide bonds. The largest absolute Gasteiger partial charge is 0.341 e. The summed E-state index contributed by atoms with van der Waals surface area (Å²) in [6.07, 6.45) is 1.04. The van der Waals surface area contributed by atoms with Gasteiger partial charge in [0.1, 0.15) is 0 Å². The van der Waals surface area contributed by atoms with E-state index in [-0.39, 0.29) is 5.91 Å². The molecule has 3 aromatic rings. The van der Waals surface area contributed by atoms with Crippen LogP contribution in [0.3, 0.4) is 0 Å². The Labute approximate surface area is 171 Å². The van der Waals surface area contributed by atoms with Gasteiger partial charge in [0.15, 0.2) is 0 Å². The van der Waals surface area contributed by atoms with Crippen LogP contribution in [0.2, 0.25) is 0 Å². The van der Waals surface area contributed by atoms with Crippen molar-refractivity contribution in [3.63, 3.8) is 0 Å². The third-order valence-electron chi connectivity index (χ3n) is 5.27. The molecule has 0 saturated carbocycles. The van der Waals surface area contributed by atoms with Crippen molar-refractivity contribution in [3.8, 4) is 0 Å². The Balaban J connectivity index is 1.29. The van der Waals surface area contributed by atoms with E-state index in [4.69, 9.17) is 0 Å². The molecule has 0 radical (unpaired) electrons. The molecular weight excluding hydrogens is 364 g/mol. The van der Waals surface area contributed by atoms with Crippen LogP contribution in [0.4, 0.5) is 0 Å². The minimum Gasteiger partial charge on any atom is -0.341 e. The molecule has 1 saturated heterocycles. The molecule has 4 heteroatoms. The van der Waals surface area contributed by atoms with Crippen molar-refractivity contribution in [2.24, 2.45) is 0 Å².